The van der Waals surface area contributed by atoms with E-state index in [1.54, 1.807) is 18.4 Å². The van der Waals surface area contributed by atoms with Crippen molar-refractivity contribution in [2.45, 2.75) is 39.0 Å². The standard InChI is InChI=1S/C19H27N3OS/c1-4-15-5-7-16(8-6-15)18-11-20-9-10-22(18)12-17-13-24-19(21-17)14(2)23-3/h5-8,13-14,18,20H,4,9-12H2,1-3H3. The van der Waals surface area contributed by atoms with E-state index in [0.717, 1.165) is 43.3 Å². The van der Waals surface area contributed by atoms with Crippen LogP contribution in [0.1, 0.15) is 47.8 Å². The average Bonchev–Trinajstić information content (AvgIpc) is 3.10. The maximum Gasteiger partial charge on any atom is 0.122 e. The van der Waals surface area contributed by atoms with E-state index >= 15 is 0 Å². The number of piperazine rings is 1. The van der Waals surface area contributed by atoms with E-state index in [4.69, 9.17) is 9.72 Å². The van der Waals surface area contributed by atoms with Crippen LogP contribution in [0.3, 0.4) is 0 Å². The molecule has 5 heteroatoms. The molecule has 4 nitrogen and oxygen atoms in total. The number of nitrogens with one attached hydrogen (secondary N) is 1. The lowest BCUT2D eigenvalue weighted by Gasteiger charge is -2.36. The van der Waals surface area contributed by atoms with Gasteiger partial charge in [0.05, 0.1) is 5.69 Å². The zero-order valence-corrected chi connectivity index (χ0v) is 15.6. The van der Waals surface area contributed by atoms with Crippen molar-refractivity contribution < 1.29 is 4.74 Å². The van der Waals surface area contributed by atoms with Crippen molar-refractivity contribution in [1.82, 2.24) is 15.2 Å². The fraction of sp³-hybridized carbons (Fsp3) is 0.526. The Morgan fingerprint density at radius 1 is 1.38 bits per heavy atom. The second-order valence-corrected chi connectivity index (χ2v) is 7.23. The minimum Gasteiger partial charge on any atom is -0.375 e. The first-order valence-corrected chi connectivity index (χ1v) is 9.60. The van der Waals surface area contributed by atoms with E-state index < -0.39 is 0 Å². The molecule has 2 atom stereocenters. The quantitative estimate of drug-likeness (QED) is 0.869. The third-order valence-electron chi connectivity index (χ3n) is 4.76. The zero-order valence-electron chi connectivity index (χ0n) is 14.8. The molecule has 1 fully saturated rings. The van der Waals surface area contributed by atoms with Crippen molar-refractivity contribution in [3.05, 3.63) is 51.5 Å². The molecule has 0 spiro atoms. The number of hydrogen-bond acceptors (Lipinski definition) is 5. The predicted molar refractivity (Wildman–Crippen MR) is 99.4 cm³/mol. The number of methoxy groups -OCH3 is 1. The van der Waals surface area contributed by atoms with E-state index in [1.165, 1.54) is 11.1 Å². The van der Waals surface area contributed by atoms with Gasteiger partial charge in [0.2, 0.25) is 0 Å². The lowest BCUT2D eigenvalue weighted by Crippen LogP contribution is -2.45. The molecule has 1 aliphatic rings. The smallest absolute Gasteiger partial charge is 0.122 e. The largest absolute Gasteiger partial charge is 0.375 e. The molecule has 0 amide bonds. The van der Waals surface area contributed by atoms with Crippen molar-refractivity contribution in [3.8, 4) is 0 Å². The number of aromatic nitrogens is 1. The zero-order chi connectivity index (χ0) is 16.9. The first kappa shape index (κ1) is 17.5. The monoisotopic (exact) mass is 345 g/mol. The number of thiazole rings is 1. The number of rotatable bonds is 6. The van der Waals surface area contributed by atoms with Crippen LogP contribution in [0.15, 0.2) is 29.6 Å². The van der Waals surface area contributed by atoms with Crippen molar-refractivity contribution in [2.24, 2.45) is 0 Å². The van der Waals surface area contributed by atoms with E-state index in [1.807, 2.05) is 6.92 Å². The van der Waals surface area contributed by atoms with Gasteiger partial charge in [-0.2, -0.15) is 0 Å². The summed E-state index contributed by atoms with van der Waals surface area (Å²) in [7, 11) is 1.73. The Labute approximate surface area is 148 Å². The third kappa shape index (κ3) is 4.03. The van der Waals surface area contributed by atoms with Crippen molar-refractivity contribution >= 4 is 11.3 Å². The molecular formula is C19H27N3OS. The van der Waals surface area contributed by atoms with Crippen LogP contribution in [-0.4, -0.2) is 36.6 Å². The highest BCUT2D eigenvalue weighted by Crippen LogP contribution is 2.26. The van der Waals surface area contributed by atoms with Gasteiger partial charge in [0, 0.05) is 44.7 Å². The van der Waals surface area contributed by atoms with Crippen LogP contribution in [0.2, 0.25) is 0 Å². The molecule has 0 saturated carbocycles. The Balaban J connectivity index is 1.73. The Morgan fingerprint density at radius 3 is 2.88 bits per heavy atom. The van der Waals surface area contributed by atoms with Crippen molar-refractivity contribution in [3.63, 3.8) is 0 Å². The second kappa shape index (κ2) is 8.21. The summed E-state index contributed by atoms with van der Waals surface area (Å²) in [6.07, 6.45) is 1.16. The number of benzene rings is 1. The molecule has 1 aromatic heterocycles. The molecular weight excluding hydrogens is 318 g/mol. The molecule has 1 N–H and O–H groups in total. The number of aryl methyl sites for hydroxylation is 1. The van der Waals surface area contributed by atoms with Gasteiger partial charge >= 0.3 is 0 Å². The minimum atomic E-state index is 0.0733. The van der Waals surface area contributed by atoms with E-state index in [0.29, 0.717) is 6.04 Å². The Kier molecular flexibility index (Phi) is 6.00. The van der Waals surface area contributed by atoms with Gasteiger partial charge in [-0.25, -0.2) is 4.98 Å². The lowest BCUT2D eigenvalue weighted by atomic mass is 10.0. The molecule has 1 saturated heterocycles. The molecule has 130 valence electrons. The SMILES string of the molecule is CCc1ccc(C2CNCCN2Cc2csc(C(C)OC)n2)cc1. The van der Waals surface area contributed by atoms with Gasteiger partial charge in [0.15, 0.2) is 0 Å². The first-order valence-electron chi connectivity index (χ1n) is 8.72. The molecule has 3 rings (SSSR count). The van der Waals surface area contributed by atoms with Crippen LogP contribution in [-0.2, 0) is 17.7 Å². The Morgan fingerprint density at radius 2 is 2.17 bits per heavy atom. The molecule has 1 aromatic carbocycles. The molecule has 2 heterocycles. The maximum atomic E-state index is 5.38. The van der Waals surface area contributed by atoms with Crippen LogP contribution in [0.25, 0.3) is 0 Å². The number of nitrogens with zero attached hydrogens (tertiary/aromatic N) is 2. The summed E-state index contributed by atoms with van der Waals surface area (Å²) >= 11 is 1.69. The van der Waals surface area contributed by atoms with Crippen LogP contribution in [0.4, 0.5) is 0 Å². The second-order valence-electron chi connectivity index (χ2n) is 6.34. The molecule has 24 heavy (non-hydrogen) atoms. The van der Waals surface area contributed by atoms with Gasteiger partial charge in [-0.05, 0) is 24.5 Å². The topological polar surface area (TPSA) is 37.4 Å². The fourth-order valence-corrected chi connectivity index (χ4v) is 3.97. The summed E-state index contributed by atoms with van der Waals surface area (Å²) in [5.74, 6) is 0. The summed E-state index contributed by atoms with van der Waals surface area (Å²) in [5, 5.41) is 6.76. The average molecular weight is 346 g/mol. The lowest BCUT2D eigenvalue weighted by molar-refractivity contribution is 0.118. The van der Waals surface area contributed by atoms with E-state index in [2.05, 4.69) is 46.8 Å². The van der Waals surface area contributed by atoms with E-state index in [9.17, 15) is 0 Å². The molecule has 0 aliphatic carbocycles. The summed E-state index contributed by atoms with van der Waals surface area (Å²) in [5.41, 5.74) is 3.93. The highest BCUT2D eigenvalue weighted by Gasteiger charge is 2.24. The Bertz CT molecular complexity index is 640. The van der Waals surface area contributed by atoms with Crippen LogP contribution in [0.5, 0.6) is 0 Å². The van der Waals surface area contributed by atoms with Gasteiger partial charge in [-0.1, -0.05) is 31.2 Å². The summed E-state index contributed by atoms with van der Waals surface area (Å²) in [6, 6.07) is 9.48. The normalized spacial score (nSPS) is 20.2. The van der Waals surface area contributed by atoms with Crippen molar-refractivity contribution in [1.29, 1.82) is 0 Å². The number of ether oxygens (including phenoxy) is 1. The fourth-order valence-electron chi connectivity index (χ4n) is 3.13. The first-order chi connectivity index (χ1) is 11.7. The summed E-state index contributed by atoms with van der Waals surface area (Å²) < 4.78 is 5.38. The summed E-state index contributed by atoms with van der Waals surface area (Å²) in [4.78, 5) is 7.30. The molecule has 1 aliphatic heterocycles. The van der Waals surface area contributed by atoms with E-state index in [-0.39, 0.29) is 6.10 Å². The minimum absolute atomic E-state index is 0.0733. The molecule has 0 radical (unpaired) electrons. The van der Waals surface area contributed by atoms with Crippen LogP contribution >= 0.6 is 11.3 Å². The Hall–Kier alpha value is -1.27. The predicted octanol–water partition coefficient (Wildman–Crippen LogP) is 3.56. The van der Waals surface area contributed by atoms with Gasteiger partial charge < -0.3 is 10.1 Å². The molecule has 2 aromatic rings. The highest BCUT2D eigenvalue weighted by molar-refractivity contribution is 7.09. The van der Waals surface area contributed by atoms with Gasteiger partial charge in [-0.15, -0.1) is 11.3 Å². The van der Waals surface area contributed by atoms with Gasteiger partial charge in [0.1, 0.15) is 11.1 Å². The van der Waals surface area contributed by atoms with Gasteiger partial charge in [0.25, 0.3) is 0 Å². The molecule has 2 unspecified atom stereocenters. The van der Waals surface area contributed by atoms with Crippen molar-refractivity contribution in [2.75, 3.05) is 26.7 Å². The van der Waals surface area contributed by atoms with Gasteiger partial charge in [-0.3, -0.25) is 4.90 Å². The highest BCUT2D eigenvalue weighted by atomic mass is 32.1. The number of hydrogen-bond donors (Lipinski definition) is 1. The van der Waals surface area contributed by atoms with Crippen LogP contribution < -0.4 is 5.32 Å². The van der Waals surface area contributed by atoms with Crippen LogP contribution in [0, 0.1) is 0 Å². The molecule has 0 bridgehead atoms. The summed E-state index contributed by atoms with van der Waals surface area (Å²) in [6.45, 7) is 8.23. The third-order valence-corrected chi connectivity index (χ3v) is 5.82. The maximum absolute atomic E-state index is 5.38.